The number of carbonyl (C=O) groups excluding carboxylic acids is 1. The number of aliphatic carboxylic acids is 1. The Morgan fingerprint density at radius 2 is 2.04 bits per heavy atom. The van der Waals surface area contributed by atoms with E-state index in [-0.39, 0.29) is 40.5 Å². The minimum atomic E-state index is -0.995. The third-order valence-electron chi connectivity index (χ3n) is 3.85. The maximum absolute atomic E-state index is 11.5. The van der Waals surface area contributed by atoms with Crippen molar-refractivity contribution in [2.45, 2.75) is 11.4 Å². The van der Waals surface area contributed by atoms with Gasteiger partial charge in [-0.1, -0.05) is 36.4 Å². The van der Waals surface area contributed by atoms with Gasteiger partial charge in [0.25, 0.3) is 0 Å². The first-order chi connectivity index (χ1) is 10.7. The van der Waals surface area contributed by atoms with Crippen LogP contribution >= 0.6 is 11.8 Å². The van der Waals surface area contributed by atoms with Crippen LogP contribution in [0.5, 0.6) is 0 Å². The summed E-state index contributed by atoms with van der Waals surface area (Å²) in [7, 11) is 0. The maximum Gasteiger partial charge on any atom is 0.333 e. The van der Waals surface area contributed by atoms with Gasteiger partial charge in [0.15, 0.2) is 0 Å². The Hall–Kier alpha value is -1.07. The molecular formula is C17H15NNaO3S. The molecule has 1 radical (unpaired) electrons. The quantitative estimate of drug-likeness (QED) is 0.676. The molecule has 1 aliphatic heterocycles. The summed E-state index contributed by atoms with van der Waals surface area (Å²) in [4.78, 5) is 24.9. The van der Waals surface area contributed by atoms with Gasteiger partial charge >= 0.3 is 5.97 Å². The molecular weight excluding hydrogens is 321 g/mol. The van der Waals surface area contributed by atoms with Crippen molar-refractivity contribution in [1.29, 1.82) is 0 Å². The van der Waals surface area contributed by atoms with E-state index in [1.54, 1.807) is 30.0 Å². The summed E-state index contributed by atoms with van der Waals surface area (Å²) < 4.78 is 0. The maximum atomic E-state index is 11.5. The van der Waals surface area contributed by atoms with Crippen LogP contribution in [0, 0.1) is 0 Å². The number of rotatable bonds is 3. The van der Waals surface area contributed by atoms with E-state index in [2.05, 4.69) is 4.90 Å². The van der Waals surface area contributed by atoms with E-state index in [0.717, 1.165) is 17.9 Å². The molecule has 4 nitrogen and oxygen atoms in total. The van der Waals surface area contributed by atoms with E-state index in [4.69, 9.17) is 0 Å². The number of nitrogens with zero attached hydrogens (tertiary/aromatic N) is 1. The number of hydrogen-bond donors (Lipinski definition) is 1. The molecule has 2 atom stereocenters. The summed E-state index contributed by atoms with van der Waals surface area (Å²) in [5, 5.41) is 9.51. The molecule has 1 aromatic carbocycles. The third-order valence-corrected chi connectivity index (χ3v) is 5.13. The summed E-state index contributed by atoms with van der Waals surface area (Å²) in [6.07, 6.45) is 4.81. The Morgan fingerprint density at radius 3 is 2.70 bits per heavy atom. The number of carbonyl (C=O) groups is 1. The molecule has 0 spiro atoms. The van der Waals surface area contributed by atoms with E-state index in [9.17, 15) is 14.7 Å². The number of benzene rings is 1. The number of carboxylic acid groups (broad SMARTS) is 1. The van der Waals surface area contributed by atoms with Gasteiger partial charge in [-0.05, 0) is 17.7 Å². The molecule has 3 rings (SSSR count). The summed E-state index contributed by atoms with van der Waals surface area (Å²) in [6.45, 7) is 0.735. The Morgan fingerprint density at radius 1 is 1.30 bits per heavy atom. The molecule has 113 valence electrons. The molecule has 0 aromatic heterocycles. The van der Waals surface area contributed by atoms with Crippen molar-refractivity contribution in [2.75, 3.05) is 12.3 Å². The van der Waals surface area contributed by atoms with Crippen LogP contribution in [0.15, 0.2) is 59.7 Å². The fraction of sp³-hybridized carbons (Fsp3) is 0.235. The predicted molar refractivity (Wildman–Crippen MR) is 92.0 cm³/mol. The molecule has 2 unspecified atom stereocenters. The first kappa shape index (κ1) is 18.3. The first-order valence-corrected chi connectivity index (χ1v) is 8.06. The van der Waals surface area contributed by atoms with Crippen molar-refractivity contribution in [3.63, 3.8) is 0 Å². The van der Waals surface area contributed by atoms with Crippen LogP contribution < -0.4 is 0 Å². The average molecular weight is 336 g/mol. The van der Waals surface area contributed by atoms with Crippen molar-refractivity contribution < 1.29 is 14.7 Å². The van der Waals surface area contributed by atoms with Crippen molar-refractivity contribution in [3.8, 4) is 0 Å². The standard InChI is InChI=1S/C17H15NO3S.Na/c19-11-13-7-4-8-14(17(20)21)15(13)18-9-10-22-16(18)12-5-2-1-3-6-12;/h1-8,15-16H,9-10H2,(H,20,21);. The fourth-order valence-corrected chi connectivity index (χ4v) is 4.20. The van der Waals surface area contributed by atoms with Crippen LogP contribution in [0.2, 0.25) is 0 Å². The second kappa shape index (κ2) is 8.15. The summed E-state index contributed by atoms with van der Waals surface area (Å²) in [5.41, 5.74) is 1.72. The number of carboxylic acids is 1. The second-order valence-corrected chi connectivity index (χ2v) is 6.31. The van der Waals surface area contributed by atoms with Gasteiger partial charge in [-0.2, -0.15) is 0 Å². The van der Waals surface area contributed by atoms with E-state index in [1.807, 2.05) is 36.3 Å². The monoisotopic (exact) mass is 336 g/mol. The molecule has 1 aromatic rings. The van der Waals surface area contributed by atoms with E-state index in [1.165, 1.54) is 0 Å². The molecule has 0 saturated carbocycles. The van der Waals surface area contributed by atoms with Crippen LogP contribution in [0.4, 0.5) is 0 Å². The number of allylic oxidation sites excluding steroid dienone is 2. The normalized spacial score (nSPS) is 23.8. The van der Waals surface area contributed by atoms with Crippen molar-refractivity contribution in [3.05, 3.63) is 65.3 Å². The Balaban J connectivity index is 0.00000192. The molecule has 2 aliphatic rings. The predicted octanol–water partition coefficient (Wildman–Crippen LogP) is 2.06. The summed E-state index contributed by atoms with van der Waals surface area (Å²) in [5.74, 6) is 1.82. The topological polar surface area (TPSA) is 57.6 Å². The average Bonchev–Trinajstić information content (AvgIpc) is 3.04. The van der Waals surface area contributed by atoms with Crippen LogP contribution in [0.1, 0.15) is 10.9 Å². The molecule has 23 heavy (non-hydrogen) atoms. The minimum absolute atomic E-state index is 0. The molecule has 1 saturated heterocycles. The van der Waals surface area contributed by atoms with Gasteiger partial charge in [-0.3, -0.25) is 4.90 Å². The van der Waals surface area contributed by atoms with E-state index >= 15 is 0 Å². The smallest absolute Gasteiger partial charge is 0.333 e. The van der Waals surface area contributed by atoms with Gasteiger partial charge in [0.05, 0.1) is 22.6 Å². The van der Waals surface area contributed by atoms with Gasteiger partial charge in [0, 0.05) is 41.9 Å². The zero-order valence-corrected chi connectivity index (χ0v) is 15.6. The summed E-state index contributed by atoms with van der Waals surface area (Å²) >= 11 is 1.76. The largest absolute Gasteiger partial charge is 0.478 e. The zero-order valence-electron chi connectivity index (χ0n) is 12.8. The van der Waals surface area contributed by atoms with Crippen molar-refractivity contribution in [2.24, 2.45) is 0 Å². The third kappa shape index (κ3) is 3.72. The molecule has 0 bridgehead atoms. The van der Waals surface area contributed by atoms with Gasteiger partial charge < -0.3 is 5.11 Å². The van der Waals surface area contributed by atoms with Gasteiger partial charge in [-0.25, -0.2) is 9.59 Å². The Bertz CT molecular complexity index is 695. The van der Waals surface area contributed by atoms with Crippen molar-refractivity contribution in [1.82, 2.24) is 4.90 Å². The Kier molecular flexibility index (Phi) is 6.48. The molecule has 6 heteroatoms. The summed E-state index contributed by atoms with van der Waals surface area (Å²) in [6, 6.07) is 9.41. The van der Waals surface area contributed by atoms with Crippen LogP contribution in [0.3, 0.4) is 0 Å². The molecule has 1 fully saturated rings. The number of thioether (sulfide) groups is 1. The van der Waals surface area contributed by atoms with Crippen LogP contribution in [-0.4, -0.2) is 69.8 Å². The first-order valence-electron chi connectivity index (χ1n) is 7.01. The molecule has 1 aliphatic carbocycles. The minimum Gasteiger partial charge on any atom is -0.478 e. The molecule has 0 amide bonds. The molecule has 1 N–H and O–H groups in total. The van der Waals surface area contributed by atoms with Gasteiger partial charge in [-0.15, -0.1) is 11.8 Å². The van der Waals surface area contributed by atoms with Crippen LogP contribution in [0.25, 0.3) is 0 Å². The van der Waals surface area contributed by atoms with E-state index in [0.29, 0.717) is 5.57 Å². The van der Waals surface area contributed by atoms with E-state index < -0.39 is 12.0 Å². The van der Waals surface area contributed by atoms with Gasteiger partial charge in [0.2, 0.25) is 0 Å². The number of hydrogen-bond acceptors (Lipinski definition) is 4. The van der Waals surface area contributed by atoms with Crippen LogP contribution in [-0.2, 0) is 9.59 Å². The fourth-order valence-electron chi connectivity index (χ4n) is 2.89. The van der Waals surface area contributed by atoms with Gasteiger partial charge in [0.1, 0.15) is 5.94 Å². The molecule has 1 heterocycles. The second-order valence-electron chi connectivity index (χ2n) is 5.12. The Labute approximate surface area is 161 Å². The zero-order chi connectivity index (χ0) is 15.5. The van der Waals surface area contributed by atoms with Crippen molar-refractivity contribution >= 4 is 53.2 Å². The SMILES string of the molecule is O=C=C1C=CC=C(C(=O)O)C1N1CCSC1c1ccccc1.[Na].